The molecule has 0 fully saturated rings. The van der Waals surface area contributed by atoms with E-state index in [9.17, 15) is 14.7 Å². The molecule has 1 aliphatic rings. The van der Waals surface area contributed by atoms with E-state index in [1.807, 2.05) is 0 Å². The van der Waals surface area contributed by atoms with E-state index in [2.05, 4.69) is 18.7 Å². The maximum Gasteiger partial charge on any atom is 0.290 e. The van der Waals surface area contributed by atoms with Crippen molar-refractivity contribution in [3.8, 4) is 11.5 Å². The number of thiophene rings is 1. The zero-order valence-electron chi connectivity index (χ0n) is 19.0. The van der Waals surface area contributed by atoms with Crippen LogP contribution in [-0.4, -0.2) is 67.0 Å². The number of Topliss-reactive ketones (excluding diaryl/α,β-unsaturated/α-hetero) is 1. The number of hydrogen-bond donors (Lipinski definition) is 1. The molecule has 0 unspecified atom stereocenters. The Bertz CT molecular complexity index is 982. The Morgan fingerprint density at radius 2 is 1.94 bits per heavy atom. The van der Waals surface area contributed by atoms with E-state index in [4.69, 9.17) is 9.47 Å². The van der Waals surface area contributed by atoms with Gasteiger partial charge >= 0.3 is 0 Å². The van der Waals surface area contributed by atoms with Crippen molar-refractivity contribution in [2.75, 3.05) is 40.4 Å². The first-order valence-corrected chi connectivity index (χ1v) is 11.6. The first-order valence-electron chi connectivity index (χ1n) is 10.7. The van der Waals surface area contributed by atoms with E-state index < -0.39 is 17.7 Å². The SMILES string of the molecule is CCN(CC)CCCN1C(=O)C(O)=C(C(=O)c2cccs2)[C@@H]1c1cc(OC)ccc1OC. The van der Waals surface area contributed by atoms with Gasteiger partial charge in [0, 0.05) is 12.1 Å². The molecule has 0 bridgehead atoms. The smallest absolute Gasteiger partial charge is 0.290 e. The normalized spacial score (nSPS) is 16.2. The highest BCUT2D eigenvalue weighted by Gasteiger charge is 2.45. The van der Waals surface area contributed by atoms with Gasteiger partial charge in [-0.15, -0.1) is 11.3 Å². The van der Waals surface area contributed by atoms with Gasteiger partial charge in [0.05, 0.1) is 30.7 Å². The molecular formula is C24H30N2O5S. The molecule has 1 aromatic heterocycles. The molecule has 0 spiro atoms. The molecule has 8 heteroatoms. The van der Waals surface area contributed by atoms with E-state index in [0.717, 1.165) is 19.6 Å². The summed E-state index contributed by atoms with van der Waals surface area (Å²) in [6.45, 7) is 7.24. The Hall–Kier alpha value is -2.84. The third kappa shape index (κ3) is 4.66. The Balaban J connectivity index is 2.04. The second kappa shape index (κ2) is 10.7. The molecule has 32 heavy (non-hydrogen) atoms. The number of carbonyl (C=O) groups is 2. The number of amides is 1. The van der Waals surface area contributed by atoms with Gasteiger partial charge in [-0.25, -0.2) is 0 Å². The van der Waals surface area contributed by atoms with E-state index >= 15 is 0 Å². The predicted octanol–water partition coefficient (Wildman–Crippen LogP) is 4.08. The van der Waals surface area contributed by atoms with Crippen LogP contribution in [-0.2, 0) is 4.79 Å². The Kier molecular flexibility index (Phi) is 7.93. The fourth-order valence-electron chi connectivity index (χ4n) is 4.04. The summed E-state index contributed by atoms with van der Waals surface area (Å²) in [7, 11) is 3.09. The van der Waals surface area contributed by atoms with Crippen LogP contribution in [0.1, 0.15) is 41.5 Å². The molecule has 1 aromatic carbocycles. The number of ketones is 1. The van der Waals surface area contributed by atoms with Gasteiger partial charge in [-0.3, -0.25) is 9.59 Å². The summed E-state index contributed by atoms with van der Waals surface area (Å²) in [6, 6.07) is 7.97. The number of rotatable bonds is 11. The van der Waals surface area contributed by atoms with Gasteiger partial charge in [0.1, 0.15) is 11.5 Å². The quantitative estimate of drug-likeness (QED) is 0.511. The van der Waals surface area contributed by atoms with Crippen molar-refractivity contribution in [1.29, 1.82) is 0 Å². The number of benzene rings is 1. The van der Waals surface area contributed by atoms with E-state index in [-0.39, 0.29) is 11.4 Å². The molecule has 1 amide bonds. The topological polar surface area (TPSA) is 79.3 Å². The number of ether oxygens (including phenoxy) is 2. The summed E-state index contributed by atoms with van der Waals surface area (Å²) in [6.07, 6.45) is 0.712. The van der Waals surface area contributed by atoms with Gasteiger partial charge in [-0.05, 0) is 55.7 Å². The van der Waals surface area contributed by atoms with Crippen LogP contribution in [0.5, 0.6) is 11.5 Å². The molecule has 2 aromatic rings. The Morgan fingerprint density at radius 3 is 2.53 bits per heavy atom. The third-order valence-corrected chi connectivity index (χ3v) is 6.66. The van der Waals surface area contributed by atoms with Crippen molar-refractivity contribution in [2.45, 2.75) is 26.3 Å². The first kappa shape index (κ1) is 23.8. The van der Waals surface area contributed by atoms with Crippen LogP contribution in [0.4, 0.5) is 0 Å². The van der Waals surface area contributed by atoms with Crippen LogP contribution in [0.15, 0.2) is 47.0 Å². The molecule has 0 saturated carbocycles. The van der Waals surface area contributed by atoms with Gasteiger partial charge in [0.15, 0.2) is 5.76 Å². The summed E-state index contributed by atoms with van der Waals surface area (Å²) in [5.41, 5.74) is 0.679. The second-order valence-electron chi connectivity index (χ2n) is 7.46. The fourth-order valence-corrected chi connectivity index (χ4v) is 4.72. The maximum atomic E-state index is 13.4. The highest BCUT2D eigenvalue weighted by atomic mass is 32.1. The largest absolute Gasteiger partial charge is 0.503 e. The Labute approximate surface area is 192 Å². The zero-order valence-corrected chi connectivity index (χ0v) is 19.8. The number of aliphatic hydroxyl groups is 1. The monoisotopic (exact) mass is 458 g/mol. The summed E-state index contributed by atoms with van der Waals surface area (Å²) in [5, 5.41) is 12.6. The van der Waals surface area contributed by atoms with Crippen molar-refractivity contribution >= 4 is 23.0 Å². The number of aliphatic hydroxyl groups excluding tert-OH is 1. The van der Waals surface area contributed by atoms with Gasteiger partial charge in [-0.1, -0.05) is 19.9 Å². The molecule has 0 saturated heterocycles. The highest BCUT2D eigenvalue weighted by Crippen LogP contribution is 2.44. The summed E-state index contributed by atoms with van der Waals surface area (Å²) >= 11 is 1.28. The lowest BCUT2D eigenvalue weighted by molar-refractivity contribution is -0.129. The van der Waals surface area contributed by atoms with Crippen molar-refractivity contribution in [3.63, 3.8) is 0 Å². The van der Waals surface area contributed by atoms with Crippen LogP contribution in [0.2, 0.25) is 0 Å². The lowest BCUT2D eigenvalue weighted by atomic mass is 9.94. The molecule has 172 valence electrons. The third-order valence-electron chi connectivity index (χ3n) is 5.79. The lowest BCUT2D eigenvalue weighted by Gasteiger charge is -2.29. The number of nitrogens with zero attached hydrogens (tertiary/aromatic N) is 2. The minimum absolute atomic E-state index is 0.0758. The van der Waals surface area contributed by atoms with Gasteiger partial charge < -0.3 is 24.4 Å². The lowest BCUT2D eigenvalue weighted by Crippen LogP contribution is -2.34. The van der Waals surface area contributed by atoms with Crippen LogP contribution in [0.3, 0.4) is 0 Å². The first-order chi connectivity index (χ1) is 15.5. The molecular weight excluding hydrogens is 428 g/mol. The van der Waals surface area contributed by atoms with Crippen LogP contribution in [0.25, 0.3) is 0 Å². The molecule has 1 N–H and O–H groups in total. The highest BCUT2D eigenvalue weighted by molar-refractivity contribution is 7.12. The van der Waals surface area contributed by atoms with Crippen molar-refractivity contribution < 1.29 is 24.2 Å². The molecule has 7 nitrogen and oxygen atoms in total. The standard InChI is InChI=1S/C24H30N2O5S/c1-5-25(6-2)12-8-13-26-21(17-15-16(30-3)10-11-18(17)31-4)20(23(28)24(26)29)22(27)19-9-7-14-32-19/h7,9-11,14-15,21,28H,5-6,8,12-13H2,1-4H3/t21-/m0/s1. The number of carbonyl (C=O) groups excluding carboxylic acids is 2. The molecule has 1 aliphatic heterocycles. The van der Waals surface area contributed by atoms with E-state index in [1.165, 1.54) is 18.4 Å². The minimum atomic E-state index is -0.765. The van der Waals surface area contributed by atoms with Crippen molar-refractivity contribution in [3.05, 3.63) is 57.5 Å². The fraction of sp³-hybridized carbons (Fsp3) is 0.417. The molecule has 0 radical (unpaired) electrons. The molecule has 1 atom stereocenters. The van der Waals surface area contributed by atoms with Gasteiger partial charge in [0.2, 0.25) is 5.78 Å². The van der Waals surface area contributed by atoms with Gasteiger partial charge in [0.25, 0.3) is 5.91 Å². The Morgan fingerprint density at radius 1 is 1.19 bits per heavy atom. The molecule has 3 rings (SSSR count). The van der Waals surface area contributed by atoms with Crippen LogP contribution in [0, 0.1) is 0 Å². The van der Waals surface area contributed by atoms with Gasteiger partial charge in [-0.2, -0.15) is 0 Å². The summed E-state index contributed by atoms with van der Waals surface area (Å²) in [4.78, 5) is 30.8. The predicted molar refractivity (Wildman–Crippen MR) is 125 cm³/mol. The summed E-state index contributed by atoms with van der Waals surface area (Å²) < 4.78 is 10.9. The maximum absolute atomic E-state index is 13.4. The van der Waals surface area contributed by atoms with Crippen LogP contribution >= 0.6 is 11.3 Å². The van der Waals surface area contributed by atoms with E-state index in [0.29, 0.717) is 34.9 Å². The van der Waals surface area contributed by atoms with E-state index in [1.54, 1.807) is 47.7 Å². The van der Waals surface area contributed by atoms with Crippen molar-refractivity contribution in [1.82, 2.24) is 9.80 Å². The molecule has 2 heterocycles. The average molecular weight is 459 g/mol. The average Bonchev–Trinajstić information content (AvgIpc) is 3.44. The second-order valence-corrected chi connectivity index (χ2v) is 8.41. The van der Waals surface area contributed by atoms with Crippen LogP contribution < -0.4 is 9.47 Å². The number of hydrogen-bond acceptors (Lipinski definition) is 7. The molecule has 0 aliphatic carbocycles. The van der Waals surface area contributed by atoms with Crippen molar-refractivity contribution in [2.24, 2.45) is 0 Å². The number of methoxy groups -OCH3 is 2. The zero-order chi connectivity index (χ0) is 23.3. The minimum Gasteiger partial charge on any atom is -0.503 e. The summed E-state index contributed by atoms with van der Waals surface area (Å²) in [5.74, 6) is -0.304.